The molecule has 1 N–H and O–H groups in total. The van der Waals surface area contributed by atoms with Gasteiger partial charge in [0, 0.05) is 19.3 Å². The zero-order chi connectivity index (χ0) is 15.8. The number of ether oxygens (including phenoxy) is 1. The van der Waals surface area contributed by atoms with E-state index in [4.69, 9.17) is 11.6 Å². The van der Waals surface area contributed by atoms with Crippen LogP contribution in [0.5, 0.6) is 0 Å². The zero-order valence-corrected chi connectivity index (χ0v) is 13.1. The third-order valence-electron chi connectivity index (χ3n) is 3.55. The van der Waals surface area contributed by atoms with Crippen LogP contribution in [-0.2, 0) is 19.6 Å². The van der Waals surface area contributed by atoms with Crippen LogP contribution >= 0.6 is 11.6 Å². The van der Waals surface area contributed by atoms with Gasteiger partial charge in [-0.25, -0.2) is 8.42 Å². The number of pyridine rings is 1. The van der Waals surface area contributed by atoms with Crippen molar-refractivity contribution < 1.29 is 17.9 Å². The van der Waals surface area contributed by atoms with Crippen molar-refractivity contribution in [1.82, 2.24) is 9.29 Å². The summed E-state index contributed by atoms with van der Waals surface area (Å²) in [6.45, 7) is 2.04. The van der Waals surface area contributed by atoms with Gasteiger partial charge in [-0.2, -0.15) is 4.31 Å². The van der Waals surface area contributed by atoms with Crippen molar-refractivity contribution >= 4 is 27.6 Å². The summed E-state index contributed by atoms with van der Waals surface area (Å²) < 4.78 is 30.9. The Hall–Kier alpha value is -1.38. The van der Waals surface area contributed by atoms with Crippen LogP contribution in [0, 0.1) is 11.8 Å². The van der Waals surface area contributed by atoms with Crippen LogP contribution in [-0.4, -0.2) is 43.9 Å². The molecule has 0 radical (unpaired) electrons. The molecule has 0 saturated carbocycles. The van der Waals surface area contributed by atoms with Crippen LogP contribution in [0.4, 0.5) is 0 Å². The summed E-state index contributed by atoms with van der Waals surface area (Å²) in [6, 6.07) is 1.10. The predicted octanol–water partition coefficient (Wildman–Crippen LogP) is 0.458. The molecule has 9 heteroatoms. The number of sulfonamides is 1. The second-order valence-electron chi connectivity index (χ2n) is 4.94. The number of aromatic amines is 1. The fourth-order valence-corrected chi connectivity index (χ4v) is 4.11. The van der Waals surface area contributed by atoms with Crippen molar-refractivity contribution in [3.63, 3.8) is 0 Å². The number of esters is 1. The molecule has 1 saturated heterocycles. The van der Waals surface area contributed by atoms with E-state index in [2.05, 4.69) is 9.72 Å². The molecule has 1 aromatic heterocycles. The average Bonchev–Trinajstić information content (AvgIpc) is 2.83. The third kappa shape index (κ3) is 2.97. The minimum absolute atomic E-state index is 0.0485. The van der Waals surface area contributed by atoms with E-state index in [1.807, 2.05) is 0 Å². The van der Waals surface area contributed by atoms with E-state index in [1.54, 1.807) is 6.92 Å². The Kier molecular flexibility index (Phi) is 4.40. The Bertz CT molecular complexity index is 715. The van der Waals surface area contributed by atoms with Crippen LogP contribution in [0.25, 0.3) is 0 Å². The van der Waals surface area contributed by atoms with Crippen LogP contribution in [0.1, 0.15) is 6.92 Å². The average molecular weight is 335 g/mol. The smallest absolute Gasteiger partial charge is 0.310 e. The maximum absolute atomic E-state index is 12.5. The van der Waals surface area contributed by atoms with Crippen LogP contribution < -0.4 is 5.56 Å². The van der Waals surface area contributed by atoms with E-state index in [-0.39, 0.29) is 28.9 Å². The van der Waals surface area contributed by atoms with Gasteiger partial charge in [-0.15, -0.1) is 0 Å². The summed E-state index contributed by atoms with van der Waals surface area (Å²) in [7, 11) is -2.54. The molecule has 1 aliphatic heterocycles. The topological polar surface area (TPSA) is 96.5 Å². The summed E-state index contributed by atoms with van der Waals surface area (Å²) in [4.78, 5) is 25.0. The molecule has 2 unspecified atom stereocenters. The van der Waals surface area contributed by atoms with Crippen molar-refractivity contribution in [2.75, 3.05) is 20.2 Å². The SMILES string of the molecule is COC(=O)C1CN(S(=O)(=O)c2c[nH]c(=O)c(Cl)c2)CC1C. The molecule has 2 atom stereocenters. The highest BCUT2D eigenvalue weighted by Crippen LogP contribution is 2.29. The van der Waals surface area contributed by atoms with Gasteiger partial charge in [0.2, 0.25) is 10.0 Å². The number of rotatable bonds is 3. The monoisotopic (exact) mass is 334 g/mol. The molecular formula is C12H15ClN2O5S. The highest BCUT2D eigenvalue weighted by atomic mass is 35.5. The van der Waals surface area contributed by atoms with E-state index in [1.165, 1.54) is 11.4 Å². The Morgan fingerprint density at radius 1 is 1.48 bits per heavy atom. The maximum Gasteiger partial charge on any atom is 0.310 e. The first-order valence-electron chi connectivity index (χ1n) is 6.23. The van der Waals surface area contributed by atoms with Gasteiger partial charge in [0.25, 0.3) is 5.56 Å². The molecule has 2 heterocycles. The van der Waals surface area contributed by atoms with Gasteiger partial charge in [0.15, 0.2) is 0 Å². The number of H-pyrrole nitrogens is 1. The molecule has 0 aliphatic carbocycles. The minimum atomic E-state index is -3.81. The summed E-state index contributed by atoms with van der Waals surface area (Å²) in [5.74, 6) is -1.08. The maximum atomic E-state index is 12.5. The number of carbonyl (C=O) groups is 1. The van der Waals surface area contributed by atoms with Crippen molar-refractivity contribution in [1.29, 1.82) is 0 Å². The fraction of sp³-hybridized carbons (Fsp3) is 0.500. The van der Waals surface area contributed by atoms with Crippen molar-refractivity contribution in [3.05, 3.63) is 27.6 Å². The van der Waals surface area contributed by atoms with E-state index in [0.717, 1.165) is 12.3 Å². The van der Waals surface area contributed by atoms with Crippen molar-refractivity contribution in [2.45, 2.75) is 11.8 Å². The molecule has 0 bridgehead atoms. The third-order valence-corrected chi connectivity index (χ3v) is 5.64. The molecule has 0 aromatic carbocycles. The van der Waals surface area contributed by atoms with E-state index < -0.39 is 27.5 Å². The Morgan fingerprint density at radius 3 is 2.71 bits per heavy atom. The van der Waals surface area contributed by atoms with Crippen molar-refractivity contribution in [2.24, 2.45) is 11.8 Å². The number of nitrogens with zero attached hydrogens (tertiary/aromatic N) is 1. The molecule has 1 aromatic rings. The standard InChI is InChI=1S/C12H15ClN2O5S/c1-7-5-15(6-9(7)12(17)20-2)21(18,19)8-3-10(13)11(16)14-4-8/h3-4,7,9H,5-6H2,1-2H3,(H,14,16). The molecule has 1 aliphatic rings. The number of hydrogen-bond donors (Lipinski definition) is 1. The highest BCUT2D eigenvalue weighted by molar-refractivity contribution is 7.89. The number of nitrogens with one attached hydrogen (secondary N) is 1. The summed E-state index contributed by atoms with van der Waals surface area (Å²) >= 11 is 5.66. The Labute approximate surface area is 126 Å². The second kappa shape index (κ2) is 5.78. The number of carbonyl (C=O) groups excluding carboxylic acids is 1. The lowest BCUT2D eigenvalue weighted by molar-refractivity contribution is -0.145. The number of aromatic nitrogens is 1. The number of hydrogen-bond acceptors (Lipinski definition) is 5. The van der Waals surface area contributed by atoms with Gasteiger partial charge in [-0.1, -0.05) is 18.5 Å². The Balaban J connectivity index is 2.31. The molecule has 7 nitrogen and oxygen atoms in total. The molecule has 1 fully saturated rings. The largest absolute Gasteiger partial charge is 0.469 e. The Morgan fingerprint density at radius 2 is 2.14 bits per heavy atom. The lowest BCUT2D eigenvalue weighted by atomic mass is 9.99. The minimum Gasteiger partial charge on any atom is -0.469 e. The van der Waals surface area contributed by atoms with Crippen molar-refractivity contribution in [3.8, 4) is 0 Å². The zero-order valence-electron chi connectivity index (χ0n) is 11.5. The fourth-order valence-electron chi connectivity index (χ4n) is 2.31. The van der Waals surface area contributed by atoms with Crippen LogP contribution in [0.3, 0.4) is 0 Å². The lowest BCUT2D eigenvalue weighted by Crippen LogP contribution is -2.30. The summed E-state index contributed by atoms with van der Waals surface area (Å²) in [6.07, 6.45) is 1.10. The highest BCUT2D eigenvalue weighted by Gasteiger charge is 2.41. The molecule has 2 rings (SSSR count). The van der Waals surface area contributed by atoms with E-state index in [0.29, 0.717) is 0 Å². The molecule has 21 heavy (non-hydrogen) atoms. The van der Waals surface area contributed by atoms with E-state index >= 15 is 0 Å². The first-order chi connectivity index (χ1) is 9.77. The number of halogens is 1. The molecule has 0 spiro atoms. The van der Waals surface area contributed by atoms with Gasteiger partial charge >= 0.3 is 5.97 Å². The van der Waals surface area contributed by atoms with Gasteiger partial charge in [-0.3, -0.25) is 9.59 Å². The summed E-state index contributed by atoms with van der Waals surface area (Å²) in [5.41, 5.74) is -0.558. The van der Waals surface area contributed by atoms with Gasteiger partial charge in [-0.05, 0) is 12.0 Å². The first kappa shape index (κ1) is 16.0. The van der Waals surface area contributed by atoms with Gasteiger partial charge in [0.1, 0.15) is 5.02 Å². The van der Waals surface area contributed by atoms with Crippen LogP contribution in [0.15, 0.2) is 22.0 Å². The number of methoxy groups -OCH3 is 1. The normalized spacial score (nSPS) is 23.2. The van der Waals surface area contributed by atoms with Gasteiger partial charge < -0.3 is 9.72 Å². The molecule has 116 valence electrons. The second-order valence-corrected chi connectivity index (χ2v) is 7.29. The first-order valence-corrected chi connectivity index (χ1v) is 8.05. The molecular weight excluding hydrogens is 320 g/mol. The summed E-state index contributed by atoms with van der Waals surface area (Å²) in [5, 5.41) is -0.201. The predicted molar refractivity (Wildman–Crippen MR) is 75.5 cm³/mol. The lowest BCUT2D eigenvalue weighted by Gasteiger charge is -2.16. The molecule has 0 amide bonds. The quantitative estimate of drug-likeness (QED) is 0.810. The van der Waals surface area contributed by atoms with E-state index in [9.17, 15) is 18.0 Å². The van der Waals surface area contributed by atoms with Crippen LogP contribution in [0.2, 0.25) is 5.02 Å². The van der Waals surface area contributed by atoms with Gasteiger partial charge in [0.05, 0.1) is 17.9 Å².